The molecule has 0 aromatic carbocycles. The normalized spacial score (nSPS) is 12.9. The van der Waals surface area contributed by atoms with E-state index >= 15 is 0 Å². The number of carbonyl (C=O) groups excluding carboxylic acids is 2. The molecule has 5 nitrogen and oxygen atoms in total. The molecule has 0 spiro atoms. The molecule has 0 fully saturated rings. The number of nitrogens with one attached hydrogen (secondary N) is 2. The highest BCUT2D eigenvalue weighted by Crippen LogP contribution is 2.06. The number of hydrogen-bond donors (Lipinski definition) is 2. The molecule has 0 heterocycles. The van der Waals surface area contributed by atoms with E-state index in [4.69, 9.17) is 4.74 Å². The van der Waals surface area contributed by atoms with Gasteiger partial charge in [-0.2, -0.15) is 0 Å². The molecule has 2 N–H and O–H groups in total. The van der Waals surface area contributed by atoms with Crippen molar-refractivity contribution in [1.29, 1.82) is 0 Å². The quantitative estimate of drug-likeness (QED) is 0.740. The Hall–Kier alpha value is -1.26. The fourth-order valence-electron chi connectivity index (χ4n) is 0.877. The molecule has 5 heteroatoms. The minimum atomic E-state index is -0.584. The largest absolute Gasteiger partial charge is 0.444 e. The summed E-state index contributed by atoms with van der Waals surface area (Å²) in [6.45, 7) is 9.27. The Morgan fingerprint density at radius 1 is 1.33 bits per heavy atom. The second kappa shape index (κ2) is 5.58. The van der Waals surface area contributed by atoms with Crippen molar-refractivity contribution < 1.29 is 14.3 Å². The van der Waals surface area contributed by atoms with Crippen LogP contribution in [-0.2, 0) is 9.53 Å². The molecule has 0 aliphatic rings. The summed E-state index contributed by atoms with van der Waals surface area (Å²) in [4.78, 5) is 22.5. The molecule has 0 aliphatic heterocycles. The number of ether oxygens (including phenoxy) is 1. The van der Waals surface area contributed by atoms with E-state index in [9.17, 15) is 9.59 Å². The summed E-state index contributed by atoms with van der Waals surface area (Å²) in [5, 5.41) is 5.05. The van der Waals surface area contributed by atoms with Gasteiger partial charge in [0.2, 0.25) is 5.91 Å². The van der Waals surface area contributed by atoms with Gasteiger partial charge >= 0.3 is 6.09 Å². The Kier molecular flexibility index (Phi) is 5.11. The van der Waals surface area contributed by atoms with Gasteiger partial charge in [0.1, 0.15) is 11.6 Å². The van der Waals surface area contributed by atoms with Gasteiger partial charge in [0.05, 0.1) is 0 Å². The molecule has 2 amide bonds. The molecule has 1 atom stereocenters. The van der Waals surface area contributed by atoms with Crippen molar-refractivity contribution in [2.45, 2.75) is 46.3 Å². The molecule has 0 bridgehead atoms. The third kappa shape index (κ3) is 6.76. The Bertz CT molecular complexity index is 233. The first-order valence-corrected chi connectivity index (χ1v) is 5.03. The van der Waals surface area contributed by atoms with Crippen LogP contribution in [0, 0.1) is 0 Å². The third-order valence-corrected chi connectivity index (χ3v) is 1.48. The summed E-state index contributed by atoms with van der Waals surface area (Å²) in [6, 6.07) is -0.584. The van der Waals surface area contributed by atoms with Gasteiger partial charge in [0, 0.05) is 6.54 Å². The van der Waals surface area contributed by atoms with Crippen LogP contribution in [0.25, 0.3) is 0 Å². The maximum Gasteiger partial charge on any atom is 0.408 e. The van der Waals surface area contributed by atoms with Crippen LogP contribution in [-0.4, -0.2) is 30.2 Å². The summed E-state index contributed by atoms with van der Waals surface area (Å²) in [5.41, 5.74) is -0.551. The van der Waals surface area contributed by atoms with Crippen LogP contribution in [0.4, 0.5) is 4.79 Å². The van der Waals surface area contributed by atoms with Crippen molar-refractivity contribution in [1.82, 2.24) is 10.6 Å². The molecule has 0 rings (SSSR count). The Labute approximate surface area is 90.6 Å². The zero-order chi connectivity index (χ0) is 12.1. The number of rotatable bonds is 3. The smallest absolute Gasteiger partial charge is 0.408 e. The predicted molar refractivity (Wildman–Crippen MR) is 57.5 cm³/mol. The molecule has 88 valence electrons. The monoisotopic (exact) mass is 216 g/mol. The van der Waals surface area contributed by atoms with Crippen LogP contribution >= 0.6 is 0 Å². The summed E-state index contributed by atoms with van der Waals surface area (Å²) in [6.07, 6.45) is -0.582. The zero-order valence-corrected chi connectivity index (χ0v) is 10.0. The molecule has 15 heavy (non-hydrogen) atoms. The van der Waals surface area contributed by atoms with Crippen molar-refractivity contribution in [2.24, 2.45) is 0 Å². The summed E-state index contributed by atoms with van der Waals surface area (Å²) in [7, 11) is 0. The molecule has 1 unspecified atom stereocenters. The Balaban J connectivity index is 4.02. The van der Waals surface area contributed by atoms with Crippen molar-refractivity contribution in [3.8, 4) is 0 Å². The summed E-state index contributed by atoms with van der Waals surface area (Å²) >= 11 is 0. The van der Waals surface area contributed by atoms with Crippen molar-refractivity contribution >= 4 is 12.0 Å². The number of carbonyl (C=O) groups is 2. The van der Waals surface area contributed by atoms with E-state index < -0.39 is 17.7 Å². The Morgan fingerprint density at radius 3 is 2.27 bits per heavy atom. The lowest BCUT2D eigenvalue weighted by Crippen LogP contribution is -2.46. The molecular weight excluding hydrogens is 196 g/mol. The van der Waals surface area contributed by atoms with E-state index in [1.54, 1.807) is 27.7 Å². The highest BCUT2D eigenvalue weighted by molar-refractivity contribution is 5.85. The minimum Gasteiger partial charge on any atom is -0.444 e. The SMILES string of the molecule is CCNC(=O)C(C)NC(=O)OC(C)(C)C. The van der Waals surface area contributed by atoms with E-state index in [0.29, 0.717) is 6.54 Å². The van der Waals surface area contributed by atoms with Crippen LogP contribution in [0.2, 0.25) is 0 Å². The van der Waals surface area contributed by atoms with Crippen LogP contribution in [0.1, 0.15) is 34.6 Å². The van der Waals surface area contributed by atoms with Gasteiger partial charge in [-0.25, -0.2) is 4.79 Å². The van der Waals surface area contributed by atoms with Crippen molar-refractivity contribution in [3.63, 3.8) is 0 Å². The number of likely N-dealkylation sites (N-methyl/N-ethyl adjacent to an activating group) is 1. The maximum atomic E-state index is 11.3. The molecule has 0 aromatic rings. The standard InChI is InChI=1S/C10H20N2O3/c1-6-11-8(13)7(2)12-9(14)15-10(3,4)5/h7H,6H2,1-5H3,(H,11,13)(H,12,14). The highest BCUT2D eigenvalue weighted by Gasteiger charge is 2.20. The second-order valence-electron chi connectivity index (χ2n) is 4.26. The van der Waals surface area contributed by atoms with Gasteiger partial charge < -0.3 is 15.4 Å². The maximum absolute atomic E-state index is 11.3. The van der Waals surface area contributed by atoms with Gasteiger partial charge in [-0.15, -0.1) is 0 Å². The van der Waals surface area contributed by atoms with Gasteiger partial charge in [0.25, 0.3) is 0 Å². The third-order valence-electron chi connectivity index (χ3n) is 1.48. The average molecular weight is 216 g/mol. The van der Waals surface area contributed by atoms with Gasteiger partial charge in [-0.3, -0.25) is 4.79 Å². The van der Waals surface area contributed by atoms with Gasteiger partial charge in [-0.1, -0.05) is 0 Å². The van der Waals surface area contributed by atoms with Crippen molar-refractivity contribution in [3.05, 3.63) is 0 Å². The topological polar surface area (TPSA) is 67.4 Å². The van der Waals surface area contributed by atoms with Crippen LogP contribution in [0.5, 0.6) is 0 Å². The van der Waals surface area contributed by atoms with Crippen LogP contribution in [0.3, 0.4) is 0 Å². The average Bonchev–Trinajstić information content (AvgIpc) is 2.00. The molecule has 0 radical (unpaired) electrons. The van der Waals surface area contributed by atoms with E-state index in [1.165, 1.54) is 0 Å². The lowest BCUT2D eigenvalue weighted by molar-refractivity contribution is -0.122. The fourth-order valence-corrected chi connectivity index (χ4v) is 0.877. The predicted octanol–water partition coefficient (Wildman–Crippen LogP) is 1.04. The summed E-state index contributed by atoms with van der Waals surface area (Å²) in [5.74, 6) is -0.219. The lowest BCUT2D eigenvalue weighted by Gasteiger charge is -2.21. The van der Waals surface area contributed by atoms with E-state index in [1.807, 2.05) is 6.92 Å². The number of amides is 2. The molecular formula is C10H20N2O3. The van der Waals surface area contributed by atoms with Gasteiger partial charge in [0.15, 0.2) is 0 Å². The molecule has 0 saturated carbocycles. The Morgan fingerprint density at radius 2 is 1.87 bits per heavy atom. The van der Waals surface area contributed by atoms with E-state index in [2.05, 4.69) is 10.6 Å². The zero-order valence-electron chi connectivity index (χ0n) is 10.0. The minimum absolute atomic E-state index is 0.219. The van der Waals surface area contributed by atoms with E-state index in [-0.39, 0.29) is 5.91 Å². The van der Waals surface area contributed by atoms with E-state index in [0.717, 1.165) is 0 Å². The summed E-state index contributed by atoms with van der Waals surface area (Å²) < 4.78 is 5.01. The molecule has 0 aliphatic carbocycles. The lowest BCUT2D eigenvalue weighted by atomic mass is 10.2. The van der Waals surface area contributed by atoms with Gasteiger partial charge in [-0.05, 0) is 34.6 Å². The first-order valence-electron chi connectivity index (χ1n) is 5.03. The second-order valence-corrected chi connectivity index (χ2v) is 4.26. The van der Waals surface area contributed by atoms with Crippen molar-refractivity contribution in [2.75, 3.05) is 6.54 Å². The first-order chi connectivity index (χ1) is 6.76. The van der Waals surface area contributed by atoms with Crippen LogP contribution < -0.4 is 10.6 Å². The number of alkyl carbamates (subject to hydrolysis) is 1. The number of hydrogen-bond acceptors (Lipinski definition) is 3. The molecule has 0 saturated heterocycles. The fraction of sp³-hybridized carbons (Fsp3) is 0.800. The highest BCUT2D eigenvalue weighted by atomic mass is 16.6. The van der Waals surface area contributed by atoms with Crippen LogP contribution in [0.15, 0.2) is 0 Å². The molecule has 0 aromatic heterocycles. The first kappa shape index (κ1) is 13.7.